The van der Waals surface area contributed by atoms with E-state index in [1.165, 1.54) is 38.5 Å². The van der Waals surface area contributed by atoms with Gasteiger partial charge < -0.3 is 5.32 Å². The first-order valence-electron chi connectivity index (χ1n) is 6.02. The highest BCUT2D eigenvalue weighted by Gasteiger charge is 2.45. The van der Waals surface area contributed by atoms with Crippen molar-refractivity contribution >= 4 is 0 Å². The summed E-state index contributed by atoms with van der Waals surface area (Å²) in [6, 6.07) is 0.836. The van der Waals surface area contributed by atoms with Crippen LogP contribution < -0.4 is 5.32 Å². The largest absolute Gasteiger partial charge is 0.316 e. The van der Waals surface area contributed by atoms with Crippen LogP contribution in [0.1, 0.15) is 45.4 Å². The molecule has 0 saturated heterocycles. The summed E-state index contributed by atoms with van der Waals surface area (Å²) in [5.41, 5.74) is 0. The minimum Gasteiger partial charge on any atom is -0.316 e. The van der Waals surface area contributed by atoms with Crippen LogP contribution in [0.5, 0.6) is 0 Å². The number of rotatable bonds is 1. The molecule has 0 aromatic rings. The number of fused-ring (bicyclic) bond motifs is 1. The lowest BCUT2D eigenvalue weighted by Crippen LogP contribution is -2.56. The van der Waals surface area contributed by atoms with Gasteiger partial charge in [-0.1, -0.05) is 32.6 Å². The van der Waals surface area contributed by atoms with E-state index < -0.39 is 0 Å². The lowest BCUT2D eigenvalue weighted by molar-refractivity contribution is 0.00843. The lowest BCUT2D eigenvalue weighted by atomic mass is 9.57. The van der Waals surface area contributed by atoms with Crippen molar-refractivity contribution in [3.63, 3.8) is 0 Å². The Balaban J connectivity index is 1.94. The maximum Gasteiger partial charge on any atom is 0.0123 e. The Hall–Kier alpha value is -0.0400. The second-order valence-electron chi connectivity index (χ2n) is 4.99. The van der Waals surface area contributed by atoms with Gasteiger partial charge in [-0.2, -0.15) is 0 Å². The van der Waals surface area contributed by atoms with Gasteiger partial charge in [-0.15, -0.1) is 0 Å². The molecule has 1 N–H and O–H groups in total. The van der Waals surface area contributed by atoms with Gasteiger partial charge in [0.15, 0.2) is 0 Å². The summed E-state index contributed by atoms with van der Waals surface area (Å²) in [6.45, 7) is 2.43. The van der Waals surface area contributed by atoms with Crippen LogP contribution in [-0.2, 0) is 0 Å². The summed E-state index contributed by atoms with van der Waals surface area (Å²) in [5.74, 6) is 3.01. The lowest BCUT2D eigenvalue weighted by Gasteiger charge is -2.52. The molecule has 2 saturated carbocycles. The van der Waals surface area contributed by atoms with Gasteiger partial charge in [-0.25, -0.2) is 0 Å². The number of nitrogens with one attached hydrogen (secondary N) is 1. The van der Waals surface area contributed by atoms with E-state index in [4.69, 9.17) is 0 Å². The standard InChI is InChI=1S/C12H23N/c1-9-10-7-5-3-4-6-8-11(10)12(9)13-2/h9-13H,3-8H2,1-2H3. The van der Waals surface area contributed by atoms with Crippen LogP contribution in [-0.4, -0.2) is 13.1 Å². The Kier molecular flexibility index (Phi) is 2.92. The molecular formula is C12H23N. The van der Waals surface area contributed by atoms with Crippen LogP contribution >= 0.6 is 0 Å². The van der Waals surface area contributed by atoms with Gasteiger partial charge in [0.1, 0.15) is 0 Å². The van der Waals surface area contributed by atoms with E-state index in [1.807, 2.05) is 0 Å². The van der Waals surface area contributed by atoms with Crippen molar-refractivity contribution in [1.29, 1.82) is 0 Å². The van der Waals surface area contributed by atoms with E-state index in [0.717, 1.165) is 23.8 Å². The normalized spacial score (nSPS) is 45.7. The zero-order valence-corrected chi connectivity index (χ0v) is 9.05. The molecule has 13 heavy (non-hydrogen) atoms. The second-order valence-corrected chi connectivity index (χ2v) is 4.99. The monoisotopic (exact) mass is 181 g/mol. The van der Waals surface area contributed by atoms with E-state index >= 15 is 0 Å². The van der Waals surface area contributed by atoms with Gasteiger partial charge >= 0.3 is 0 Å². The summed E-state index contributed by atoms with van der Waals surface area (Å²) in [7, 11) is 2.14. The summed E-state index contributed by atoms with van der Waals surface area (Å²) in [5, 5.41) is 3.50. The number of hydrogen-bond donors (Lipinski definition) is 1. The molecule has 2 aliphatic carbocycles. The van der Waals surface area contributed by atoms with E-state index in [9.17, 15) is 0 Å². The zero-order valence-electron chi connectivity index (χ0n) is 9.05. The van der Waals surface area contributed by atoms with Gasteiger partial charge in [-0.3, -0.25) is 0 Å². The van der Waals surface area contributed by atoms with Crippen LogP contribution in [0.25, 0.3) is 0 Å². The molecule has 0 heterocycles. The molecular weight excluding hydrogens is 158 g/mol. The van der Waals surface area contributed by atoms with Crippen LogP contribution in [0, 0.1) is 17.8 Å². The first-order chi connectivity index (χ1) is 6.34. The molecule has 4 unspecified atom stereocenters. The fourth-order valence-corrected chi connectivity index (χ4v) is 3.63. The fourth-order valence-electron chi connectivity index (χ4n) is 3.63. The molecule has 0 aliphatic heterocycles. The van der Waals surface area contributed by atoms with E-state index in [1.54, 1.807) is 0 Å². The molecule has 76 valence electrons. The average molecular weight is 181 g/mol. The van der Waals surface area contributed by atoms with Gasteiger partial charge in [0.05, 0.1) is 0 Å². The first kappa shape index (κ1) is 9.51. The molecule has 1 heteroatoms. The Morgan fingerprint density at radius 2 is 1.54 bits per heavy atom. The van der Waals surface area contributed by atoms with Crippen LogP contribution in [0.3, 0.4) is 0 Å². The van der Waals surface area contributed by atoms with E-state index in [0.29, 0.717) is 0 Å². The maximum absolute atomic E-state index is 3.50. The molecule has 0 bridgehead atoms. The first-order valence-corrected chi connectivity index (χ1v) is 6.02. The Labute approximate surface area is 82.3 Å². The van der Waals surface area contributed by atoms with Crippen molar-refractivity contribution in [2.24, 2.45) is 17.8 Å². The predicted octanol–water partition coefficient (Wildman–Crippen LogP) is 2.81. The highest BCUT2D eigenvalue weighted by Crippen LogP contribution is 2.47. The van der Waals surface area contributed by atoms with Crippen molar-refractivity contribution < 1.29 is 0 Å². The SMILES string of the molecule is CNC1C(C)C2CCCCCCC21. The van der Waals surface area contributed by atoms with Gasteiger partial charge in [-0.05, 0) is 37.6 Å². The van der Waals surface area contributed by atoms with Crippen LogP contribution in [0.15, 0.2) is 0 Å². The highest BCUT2D eigenvalue weighted by atomic mass is 14.9. The van der Waals surface area contributed by atoms with Crippen molar-refractivity contribution in [3.05, 3.63) is 0 Å². The summed E-state index contributed by atoms with van der Waals surface area (Å²) in [6.07, 6.45) is 8.92. The third-order valence-electron chi connectivity index (χ3n) is 4.41. The fraction of sp³-hybridized carbons (Fsp3) is 1.00. The topological polar surface area (TPSA) is 12.0 Å². The predicted molar refractivity (Wildman–Crippen MR) is 56.7 cm³/mol. The highest BCUT2D eigenvalue weighted by molar-refractivity contribution is 4.99. The van der Waals surface area contributed by atoms with Crippen molar-refractivity contribution in [3.8, 4) is 0 Å². The Morgan fingerprint density at radius 1 is 0.923 bits per heavy atom. The summed E-state index contributed by atoms with van der Waals surface area (Å²) >= 11 is 0. The molecule has 4 atom stereocenters. The molecule has 2 fully saturated rings. The van der Waals surface area contributed by atoms with Gasteiger partial charge in [0.25, 0.3) is 0 Å². The van der Waals surface area contributed by atoms with Gasteiger partial charge in [0, 0.05) is 6.04 Å². The Bertz CT molecular complexity index is 167. The average Bonchev–Trinajstić information content (AvgIpc) is 2.09. The third kappa shape index (κ3) is 1.63. The van der Waals surface area contributed by atoms with E-state index in [2.05, 4.69) is 19.3 Å². The minimum atomic E-state index is 0.836. The van der Waals surface area contributed by atoms with Crippen molar-refractivity contribution in [2.75, 3.05) is 7.05 Å². The van der Waals surface area contributed by atoms with Gasteiger partial charge in [0.2, 0.25) is 0 Å². The quantitative estimate of drug-likeness (QED) is 0.656. The smallest absolute Gasteiger partial charge is 0.0123 e. The molecule has 2 rings (SSSR count). The second kappa shape index (κ2) is 4.00. The van der Waals surface area contributed by atoms with Crippen molar-refractivity contribution in [1.82, 2.24) is 5.32 Å². The molecule has 2 aliphatic rings. The molecule has 0 aromatic heterocycles. The van der Waals surface area contributed by atoms with Crippen LogP contribution in [0.4, 0.5) is 0 Å². The third-order valence-corrected chi connectivity index (χ3v) is 4.41. The Morgan fingerprint density at radius 3 is 2.15 bits per heavy atom. The number of hydrogen-bond acceptors (Lipinski definition) is 1. The molecule has 0 aromatic carbocycles. The summed E-state index contributed by atoms with van der Waals surface area (Å²) < 4.78 is 0. The molecule has 1 nitrogen and oxygen atoms in total. The van der Waals surface area contributed by atoms with Crippen LogP contribution in [0.2, 0.25) is 0 Å². The van der Waals surface area contributed by atoms with E-state index in [-0.39, 0.29) is 0 Å². The van der Waals surface area contributed by atoms with Crippen molar-refractivity contribution in [2.45, 2.75) is 51.5 Å². The summed E-state index contributed by atoms with van der Waals surface area (Å²) in [4.78, 5) is 0. The maximum atomic E-state index is 3.50. The molecule has 0 amide bonds. The molecule has 0 radical (unpaired) electrons. The molecule has 0 spiro atoms. The minimum absolute atomic E-state index is 0.836. The zero-order chi connectivity index (χ0) is 9.26.